The van der Waals surface area contributed by atoms with Crippen molar-refractivity contribution >= 4 is 23.2 Å². The summed E-state index contributed by atoms with van der Waals surface area (Å²) >= 11 is 0. The number of hydrogen-bond acceptors (Lipinski definition) is 5. The van der Waals surface area contributed by atoms with E-state index in [2.05, 4.69) is 20.6 Å². The van der Waals surface area contributed by atoms with E-state index in [0.717, 1.165) is 11.4 Å². The number of methoxy groups -OCH3 is 1. The normalized spacial score (nSPS) is 10.0. The van der Waals surface area contributed by atoms with E-state index in [1.54, 1.807) is 7.11 Å². The lowest BCUT2D eigenvalue weighted by atomic mass is 10.3. The van der Waals surface area contributed by atoms with Gasteiger partial charge in [-0.2, -0.15) is 0 Å². The number of nitrogens with zero attached hydrogens (tertiary/aromatic N) is 2. The molecule has 1 amide bonds. The first kappa shape index (κ1) is 15.5. The number of nitrogens with one attached hydrogen (secondary N) is 2. The molecule has 0 atom stereocenters. The topological polar surface area (TPSA) is 76.1 Å². The SMILES string of the molecule is COc1ccccc1Nc1ncc(C(=O)Nc2ccccc2)cn1. The average Bonchev–Trinajstić information content (AvgIpc) is 2.63. The van der Waals surface area contributed by atoms with Crippen molar-refractivity contribution in [3.63, 3.8) is 0 Å². The first-order valence-electron chi connectivity index (χ1n) is 7.35. The molecule has 0 unspecified atom stereocenters. The highest BCUT2D eigenvalue weighted by Crippen LogP contribution is 2.25. The summed E-state index contributed by atoms with van der Waals surface area (Å²) in [7, 11) is 1.60. The summed E-state index contributed by atoms with van der Waals surface area (Å²) in [5, 5.41) is 5.85. The molecule has 3 rings (SSSR count). The Morgan fingerprint density at radius 2 is 1.62 bits per heavy atom. The average molecular weight is 320 g/mol. The minimum Gasteiger partial charge on any atom is -0.495 e. The smallest absolute Gasteiger partial charge is 0.258 e. The number of carbonyl (C=O) groups is 1. The maximum Gasteiger partial charge on any atom is 0.258 e. The van der Waals surface area contributed by atoms with Gasteiger partial charge in [0.15, 0.2) is 0 Å². The zero-order valence-electron chi connectivity index (χ0n) is 13.1. The van der Waals surface area contributed by atoms with E-state index in [-0.39, 0.29) is 5.91 Å². The van der Waals surface area contributed by atoms with Crippen LogP contribution in [0.25, 0.3) is 0 Å². The Hall–Kier alpha value is -3.41. The molecule has 2 N–H and O–H groups in total. The summed E-state index contributed by atoms with van der Waals surface area (Å²) in [5.74, 6) is 0.813. The van der Waals surface area contributed by atoms with Gasteiger partial charge >= 0.3 is 0 Å². The number of rotatable bonds is 5. The van der Waals surface area contributed by atoms with E-state index in [1.165, 1.54) is 12.4 Å². The number of para-hydroxylation sites is 3. The number of ether oxygens (including phenoxy) is 1. The lowest BCUT2D eigenvalue weighted by Gasteiger charge is -2.09. The van der Waals surface area contributed by atoms with Crippen LogP contribution in [0.4, 0.5) is 17.3 Å². The minimum atomic E-state index is -0.259. The van der Waals surface area contributed by atoms with Gasteiger partial charge in [-0.05, 0) is 24.3 Å². The van der Waals surface area contributed by atoms with Gasteiger partial charge in [-0.15, -0.1) is 0 Å². The monoisotopic (exact) mass is 320 g/mol. The fourth-order valence-corrected chi connectivity index (χ4v) is 2.10. The molecule has 0 aliphatic heterocycles. The van der Waals surface area contributed by atoms with E-state index in [0.29, 0.717) is 17.3 Å². The van der Waals surface area contributed by atoms with Gasteiger partial charge in [-0.3, -0.25) is 4.79 Å². The molecule has 1 aromatic heterocycles. The lowest BCUT2D eigenvalue weighted by molar-refractivity contribution is 0.102. The van der Waals surface area contributed by atoms with Crippen LogP contribution in [0.2, 0.25) is 0 Å². The molecule has 6 heteroatoms. The fraction of sp³-hybridized carbons (Fsp3) is 0.0556. The Morgan fingerprint density at radius 3 is 2.33 bits per heavy atom. The number of hydrogen-bond donors (Lipinski definition) is 2. The van der Waals surface area contributed by atoms with Crippen LogP contribution in [0.3, 0.4) is 0 Å². The number of amides is 1. The molecule has 2 aromatic carbocycles. The first-order valence-corrected chi connectivity index (χ1v) is 7.35. The summed E-state index contributed by atoms with van der Waals surface area (Å²) in [6.07, 6.45) is 2.95. The molecule has 6 nitrogen and oxygen atoms in total. The van der Waals surface area contributed by atoms with Crippen molar-refractivity contribution in [3.8, 4) is 5.75 Å². The van der Waals surface area contributed by atoms with Gasteiger partial charge in [0.25, 0.3) is 5.91 Å². The molecule has 0 saturated carbocycles. The Bertz CT molecular complexity index is 820. The number of aromatic nitrogens is 2. The van der Waals surface area contributed by atoms with Crippen molar-refractivity contribution in [2.24, 2.45) is 0 Å². The zero-order valence-corrected chi connectivity index (χ0v) is 13.1. The van der Waals surface area contributed by atoms with Gasteiger partial charge in [0.1, 0.15) is 5.75 Å². The molecule has 0 bridgehead atoms. The van der Waals surface area contributed by atoms with Gasteiger partial charge in [0.05, 0.1) is 18.4 Å². The van der Waals surface area contributed by atoms with Crippen LogP contribution in [0, 0.1) is 0 Å². The highest BCUT2D eigenvalue weighted by Gasteiger charge is 2.08. The van der Waals surface area contributed by atoms with Crippen LogP contribution in [0.15, 0.2) is 67.0 Å². The highest BCUT2D eigenvalue weighted by atomic mass is 16.5. The second-order valence-electron chi connectivity index (χ2n) is 4.94. The maximum atomic E-state index is 12.2. The van der Waals surface area contributed by atoms with Crippen LogP contribution in [-0.2, 0) is 0 Å². The third-order valence-electron chi connectivity index (χ3n) is 3.30. The zero-order chi connectivity index (χ0) is 16.8. The quantitative estimate of drug-likeness (QED) is 0.752. The fourth-order valence-electron chi connectivity index (χ4n) is 2.10. The molecule has 0 aliphatic rings. The molecule has 120 valence electrons. The molecule has 0 fully saturated rings. The highest BCUT2D eigenvalue weighted by molar-refractivity contribution is 6.03. The van der Waals surface area contributed by atoms with Crippen molar-refractivity contribution in [1.82, 2.24) is 9.97 Å². The molecule has 1 heterocycles. The predicted octanol–water partition coefficient (Wildman–Crippen LogP) is 3.48. The van der Waals surface area contributed by atoms with Crippen LogP contribution >= 0.6 is 0 Å². The van der Waals surface area contributed by atoms with Crippen molar-refractivity contribution in [3.05, 3.63) is 72.6 Å². The summed E-state index contributed by atoms with van der Waals surface area (Å²) in [5.41, 5.74) is 1.85. The molecular weight excluding hydrogens is 304 g/mol. The second-order valence-corrected chi connectivity index (χ2v) is 4.94. The summed E-state index contributed by atoms with van der Waals surface area (Å²) in [4.78, 5) is 20.5. The summed E-state index contributed by atoms with van der Waals surface area (Å²) < 4.78 is 5.26. The van der Waals surface area contributed by atoms with E-state index >= 15 is 0 Å². The van der Waals surface area contributed by atoms with Gasteiger partial charge < -0.3 is 15.4 Å². The van der Waals surface area contributed by atoms with Gasteiger partial charge in [0, 0.05) is 18.1 Å². The predicted molar refractivity (Wildman–Crippen MR) is 92.7 cm³/mol. The largest absolute Gasteiger partial charge is 0.495 e. The van der Waals surface area contributed by atoms with E-state index < -0.39 is 0 Å². The van der Waals surface area contributed by atoms with E-state index in [1.807, 2.05) is 54.6 Å². The van der Waals surface area contributed by atoms with E-state index in [4.69, 9.17) is 4.74 Å². The van der Waals surface area contributed by atoms with Crippen LogP contribution in [-0.4, -0.2) is 23.0 Å². The lowest BCUT2D eigenvalue weighted by Crippen LogP contribution is -2.13. The van der Waals surface area contributed by atoms with Crippen molar-refractivity contribution < 1.29 is 9.53 Å². The third kappa shape index (κ3) is 3.67. The molecule has 0 saturated heterocycles. The minimum absolute atomic E-state index is 0.259. The van der Waals surface area contributed by atoms with Crippen molar-refractivity contribution in [1.29, 1.82) is 0 Å². The van der Waals surface area contributed by atoms with Crippen LogP contribution in [0.1, 0.15) is 10.4 Å². The maximum absolute atomic E-state index is 12.2. The standard InChI is InChI=1S/C18H16N4O2/c1-24-16-10-6-5-9-15(16)22-18-19-11-13(12-20-18)17(23)21-14-7-3-2-4-8-14/h2-12H,1H3,(H,21,23)(H,19,20,22). The Kier molecular flexibility index (Phi) is 4.67. The Morgan fingerprint density at radius 1 is 0.958 bits per heavy atom. The molecule has 0 aliphatic carbocycles. The van der Waals surface area contributed by atoms with Crippen molar-refractivity contribution in [2.75, 3.05) is 17.7 Å². The van der Waals surface area contributed by atoms with Gasteiger partial charge in [-0.25, -0.2) is 9.97 Å². The molecule has 24 heavy (non-hydrogen) atoms. The molecule has 0 radical (unpaired) electrons. The number of carbonyl (C=O) groups excluding carboxylic acids is 1. The first-order chi connectivity index (χ1) is 11.8. The van der Waals surface area contributed by atoms with E-state index in [9.17, 15) is 4.79 Å². The van der Waals surface area contributed by atoms with Crippen molar-refractivity contribution in [2.45, 2.75) is 0 Å². The molecule has 3 aromatic rings. The number of benzene rings is 2. The van der Waals surface area contributed by atoms with Crippen LogP contribution < -0.4 is 15.4 Å². The number of anilines is 3. The Labute approximate surface area is 139 Å². The molecular formula is C18H16N4O2. The summed E-state index contributed by atoms with van der Waals surface area (Å²) in [6.45, 7) is 0. The van der Waals surface area contributed by atoms with Crippen LogP contribution in [0.5, 0.6) is 5.75 Å². The van der Waals surface area contributed by atoms with Gasteiger partial charge in [0.2, 0.25) is 5.95 Å². The summed E-state index contributed by atoms with van der Waals surface area (Å²) in [6, 6.07) is 16.7. The molecule has 0 spiro atoms. The third-order valence-corrected chi connectivity index (χ3v) is 3.30. The Balaban J connectivity index is 1.70. The van der Waals surface area contributed by atoms with Gasteiger partial charge in [-0.1, -0.05) is 30.3 Å². The second kappa shape index (κ2) is 7.23.